The van der Waals surface area contributed by atoms with Gasteiger partial charge in [0.15, 0.2) is 0 Å². The van der Waals surface area contributed by atoms with Gasteiger partial charge in [0.1, 0.15) is 17.5 Å². The van der Waals surface area contributed by atoms with Crippen LogP contribution in [0.2, 0.25) is 0 Å². The van der Waals surface area contributed by atoms with E-state index in [2.05, 4.69) is 64.6 Å². The van der Waals surface area contributed by atoms with Crippen LogP contribution in [0.3, 0.4) is 0 Å². The molecule has 0 aliphatic carbocycles. The van der Waals surface area contributed by atoms with Gasteiger partial charge in [0, 0.05) is 30.7 Å². The molecule has 3 rings (SSSR count). The predicted octanol–water partition coefficient (Wildman–Crippen LogP) is 4.83. The van der Waals surface area contributed by atoms with Gasteiger partial charge in [-0.1, -0.05) is 39.0 Å². The Labute approximate surface area is 154 Å². The monoisotopic (exact) mass is 347 g/mol. The van der Waals surface area contributed by atoms with E-state index >= 15 is 0 Å². The first-order valence-corrected chi connectivity index (χ1v) is 8.77. The molecule has 0 saturated heterocycles. The highest BCUT2D eigenvalue weighted by Gasteiger charge is 2.17. The fraction of sp³-hybridized carbons (Fsp3) is 0.286. The third kappa shape index (κ3) is 4.57. The molecule has 2 N–H and O–H groups in total. The van der Waals surface area contributed by atoms with E-state index in [-0.39, 0.29) is 5.41 Å². The van der Waals surface area contributed by atoms with Crippen LogP contribution >= 0.6 is 0 Å². The highest BCUT2D eigenvalue weighted by molar-refractivity contribution is 5.64. The summed E-state index contributed by atoms with van der Waals surface area (Å²) < 4.78 is 0. The number of para-hydroxylation sites is 1. The first kappa shape index (κ1) is 17.9. The smallest absolute Gasteiger partial charge is 0.136 e. The summed E-state index contributed by atoms with van der Waals surface area (Å²) in [7, 11) is 0. The predicted molar refractivity (Wildman–Crippen MR) is 107 cm³/mol. The molecule has 0 saturated carbocycles. The molecular weight excluding hydrogens is 322 g/mol. The highest BCUT2D eigenvalue weighted by Crippen LogP contribution is 2.31. The molecular formula is C21H25N5. The number of hydrogen-bond acceptors (Lipinski definition) is 5. The van der Waals surface area contributed by atoms with Crippen LogP contribution < -0.4 is 10.6 Å². The molecule has 0 amide bonds. The summed E-state index contributed by atoms with van der Waals surface area (Å²) in [5, 5.41) is 6.81. The lowest BCUT2D eigenvalue weighted by Crippen LogP contribution is -2.14. The zero-order valence-electron chi connectivity index (χ0n) is 15.7. The lowest BCUT2D eigenvalue weighted by Gasteiger charge is -2.23. The number of nitrogens with zero attached hydrogens (tertiary/aromatic N) is 3. The zero-order valence-corrected chi connectivity index (χ0v) is 15.7. The van der Waals surface area contributed by atoms with Crippen molar-refractivity contribution in [3.05, 3.63) is 71.8 Å². The molecule has 0 spiro atoms. The minimum absolute atomic E-state index is 0.0497. The quantitative estimate of drug-likeness (QED) is 0.692. The Kier molecular flexibility index (Phi) is 5.16. The average Bonchev–Trinajstić information content (AvgIpc) is 2.60. The number of benzene rings is 1. The molecule has 0 bridgehead atoms. The van der Waals surface area contributed by atoms with Crippen LogP contribution in [0.5, 0.6) is 0 Å². The molecule has 0 aliphatic rings. The van der Waals surface area contributed by atoms with Crippen molar-refractivity contribution >= 4 is 17.3 Å². The molecule has 0 aliphatic heterocycles. The van der Waals surface area contributed by atoms with Gasteiger partial charge in [0.2, 0.25) is 0 Å². The first-order valence-electron chi connectivity index (χ1n) is 8.77. The van der Waals surface area contributed by atoms with Gasteiger partial charge < -0.3 is 10.6 Å². The Morgan fingerprint density at radius 1 is 0.923 bits per heavy atom. The Balaban J connectivity index is 1.80. The van der Waals surface area contributed by atoms with Gasteiger partial charge in [-0.05, 0) is 41.7 Å². The van der Waals surface area contributed by atoms with Gasteiger partial charge in [0.05, 0.1) is 0 Å². The molecule has 0 unspecified atom stereocenters. The summed E-state index contributed by atoms with van der Waals surface area (Å²) in [6.45, 7) is 9.22. The van der Waals surface area contributed by atoms with Gasteiger partial charge in [0.25, 0.3) is 0 Å². The maximum atomic E-state index is 4.54. The van der Waals surface area contributed by atoms with Crippen molar-refractivity contribution in [2.75, 3.05) is 10.6 Å². The molecule has 2 heterocycles. The fourth-order valence-corrected chi connectivity index (χ4v) is 2.80. The van der Waals surface area contributed by atoms with Crippen molar-refractivity contribution in [1.82, 2.24) is 15.0 Å². The van der Waals surface area contributed by atoms with Gasteiger partial charge in [-0.15, -0.1) is 0 Å². The van der Waals surface area contributed by atoms with E-state index in [9.17, 15) is 0 Å². The standard InChI is InChI=1S/C21H25N5/c1-15-24-19(23-14-16-9-11-22-12-10-16)13-20(25-15)26-18-8-6-5-7-17(18)21(2,3)4/h5-13H,14H2,1-4H3,(H2,23,24,25,26). The summed E-state index contributed by atoms with van der Waals surface area (Å²) in [5.41, 5.74) is 3.53. The summed E-state index contributed by atoms with van der Waals surface area (Å²) in [6, 6.07) is 14.3. The highest BCUT2D eigenvalue weighted by atomic mass is 15.1. The molecule has 1 aromatic carbocycles. The lowest BCUT2D eigenvalue weighted by molar-refractivity contribution is 0.592. The average molecular weight is 347 g/mol. The number of aryl methyl sites for hydroxylation is 1. The topological polar surface area (TPSA) is 62.7 Å². The SMILES string of the molecule is Cc1nc(NCc2ccncc2)cc(Nc2ccccc2C(C)(C)C)n1. The van der Waals surface area contributed by atoms with Crippen molar-refractivity contribution < 1.29 is 0 Å². The van der Waals surface area contributed by atoms with E-state index in [0.717, 1.165) is 28.7 Å². The molecule has 5 nitrogen and oxygen atoms in total. The van der Waals surface area contributed by atoms with Gasteiger partial charge in [-0.2, -0.15) is 0 Å². The summed E-state index contributed by atoms with van der Waals surface area (Å²) >= 11 is 0. The van der Waals surface area contributed by atoms with Crippen molar-refractivity contribution in [2.45, 2.75) is 39.7 Å². The van der Waals surface area contributed by atoms with E-state index in [1.807, 2.05) is 31.2 Å². The van der Waals surface area contributed by atoms with Crippen molar-refractivity contribution in [3.8, 4) is 0 Å². The minimum atomic E-state index is 0.0497. The van der Waals surface area contributed by atoms with E-state index in [1.54, 1.807) is 12.4 Å². The van der Waals surface area contributed by atoms with Crippen LogP contribution in [-0.2, 0) is 12.0 Å². The number of aromatic nitrogens is 3. The van der Waals surface area contributed by atoms with E-state index in [1.165, 1.54) is 5.56 Å². The van der Waals surface area contributed by atoms with Crippen LogP contribution in [0, 0.1) is 6.92 Å². The van der Waals surface area contributed by atoms with Crippen LogP contribution in [-0.4, -0.2) is 15.0 Å². The van der Waals surface area contributed by atoms with Crippen molar-refractivity contribution in [3.63, 3.8) is 0 Å². The number of anilines is 3. The Bertz CT molecular complexity index is 869. The third-order valence-corrected chi connectivity index (χ3v) is 4.06. The molecule has 26 heavy (non-hydrogen) atoms. The lowest BCUT2D eigenvalue weighted by atomic mass is 9.86. The Morgan fingerprint density at radius 2 is 1.62 bits per heavy atom. The number of rotatable bonds is 5. The van der Waals surface area contributed by atoms with Crippen LogP contribution in [0.25, 0.3) is 0 Å². The number of hydrogen-bond donors (Lipinski definition) is 2. The molecule has 0 fully saturated rings. The number of pyridine rings is 1. The number of nitrogens with one attached hydrogen (secondary N) is 2. The second-order valence-corrected chi connectivity index (χ2v) is 7.32. The van der Waals surface area contributed by atoms with Crippen LogP contribution in [0.15, 0.2) is 54.9 Å². The van der Waals surface area contributed by atoms with Gasteiger partial charge in [-0.25, -0.2) is 9.97 Å². The normalized spacial score (nSPS) is 11.2. The van der Waals surface area contributed by atoms with Crippen LogP contribution in [0.4, 0.5) is 17.3 Å². The summed E-state index contributed by atoms with van der Waals surface area (Å²) in [5.74, 6) is 2.30. The molecule has 2 aromatic heterocycles. The van der Waals surface area contributed by atoms with Crippen molar-refractivity contribution in [1.29, 1.82) is 0 Å². The Hall–Kier alpha value is -2.95. The maximum Gasteiger partial charge on any atom is 0.136 e. The van der Waals surface area contributed by atoms with E-state index in [0.29, 0.717) is 6.54 Å². The second-order valence-electron chi connectivity index (χ2n) is 7.32. The largest absolute Gasteiger partial charge is 0.366 e. The first-order chi connectivity index (χ1) is 12.4. The second kappa shape index (κ2) is 7.52. The Morgan fingerprint density at radius 3 is 2.35 bits per heavy atom. The van der Waals surface area contributed by atoms with Gasteiger partial charge in [-0.3, -0.25) is 4.98 Å². The maximum absolute atomic E-state index is 4.54. The molecule has 0 radical (unpaired) electrons. The third-order valence-electron chi connectivity index (χ3n) is 4.06. The van der Waals surface area contributed by atoms with Gasteiger partial charge >= 0.3 is 0 Å². The minimum Gasteiger partial charge on any atom is -0.366 e. The summed E-state index contributed by atoms with van der Waals surface area (Å²) in [6.07, 6.45) is 3.58. The molecule has 3 aromatic rings. The summed E-state index contributed by atoms with van der Waals surface area (Å²) in [4.78, 5) is 13.1. The van der Waals surface area contributed by atoms with E-state index in [4.69, 9.17) is 0 Å². The molecule has 0 atom stereocenters. The van der Waals surface area contributed by atoms with E-state index < -0.39 is 0 Å². The van der Waals surface area contributed by atoms with Crippen LogP contribution in [0.1, 0.15) is 37.7 Å². The molecule has 5 heteroatoms. The zero-order chi connectivity index (χ0) is 18.6. The fourth-order valence-electron chi connectivity index (χ4n) is 2.80. The van der Waals surface area contributed by atoms with Crippen molar-refractivity contribution in [2.24, 2.45) is 0 Å². The molecule has 134 valence electrons.